The van der Waals surface area contributed by atoms with Gasteiger partial charge in [-0.25, -0.2) is 4.39 Å². The van der Waals surface area contributed by atoms with Crippen LogP contribution in [0.4, 0.5) is 15.8 Å². The summed E-state index contributed by atoms with van der Waals surface area (Å²) < 4.78 is 18.4. The van der Waals surface area contributed by atoms with Gasteiger partial charge in [0.25, 0.3) is 5.91 Å². The van der Waals surface area contributed by atoms with Gasteiger partial charge in [-0.3, -0.25) is 4.79 Å². The lowest BCUT2D eigenvalue weighted by molar-refractivity contribution is -0.122. The molecule has 0 spiro atoms. The van der Waals surface area contributed by atoms with Crippen molar-refractivity contribution in [1.29, 1.82) is 0 Å². The third-order valence-electron chi connectivity index (χ3n) is 3.14. The number of hydrogen-bond acceptors (Lipinski definition) is 3. The standard InChI is InChI=1S/C17H19FN2O2/c1-12(22-14-10-8-13(18)9-11-14)17(21)19-15-6-4-5-7-16(15)20(2)3/h4-12H,1-3H3,(H,19,21). The molecule has 1 unspecified atom stereocenters. The molecule has 0 aliphatic carbocycles. The Bertz CT molecular complexity index is 641. The van der Waals surface area contributed by atoms with Crippen LogP contribution in [-0.4, -0.2) is 26.1 Å². The zero-order chi connectivity index (χ0) is 16.1. The van der Waals surface area contributed by atoms with E-state index in [2.05, 4.69) is 5.32 Å². The number of para-hydroxylation sites is 2. The number of ether oxygens (including phenoxy) is 1. The highest BCUT2D eigenvalue weighted by Crippen LogP contribution is 2.24. The number of carbonyl (C=O) groups excluding carboxylic acids is 1. The third-order valence-corrected chi connectivity index (χ3v) is 3.14. The fraction of sp³-hybridized carbons (Fsp3) is 0.235. The highest BCUT2D eigenvalue weighted by Gasteiger charge is 2.16. The maximum atomic E-state index is 12.9. The molecule has 22 heavy (non-hydrogen) atoms. The molecule has 1 atom stereocenters. The lowest BCUT2D eigenvalue weighted by Gasteiger charge is -2.19. The van der Waals surface area contributed by atoms with Crippen LogP contribution in [-0.2, 0) is 4.79 Å². The van der Waals surface area contributed by atoms with Crippen molar-refractivity contribution in [3.63, 3.8) is 0 Å². The van der Waals surface area contributed by atoms with Crippen molar-refractivity contribution in [3.05, 3.63) is 54.3 Å². The van der Waals surface area contributed by atoms with E-state index in [1.807, 2.05) is 43.3 Å². The number of hydrogen-bond donors (Lipinski definition) is 1. The first-order valence-corrected chi connectivity index (χ1v) is 6.97. The normalized spacial score (nSPS) is 11.6. The van der Waals surface area contributed by atoms with Crippen LogP contribution in [0.25, 0.3) is 0 Å². The average Bonchev–Trinajstić information content (AvgIpc) is 2.49. The molecule has 0 heterocycles. The molecular formula is C17H19FN2O2. The molecule has 0 fully saturated rings. The molecule has 1 amide bonds. The Hall–Kier alpha value is -2.56. The van der Waals surface area contributed by atoms with E-state index in [-0.39, 0.29) is 11.7 Å². The lowest BCUT2D eigenvalue weighted by Crippen LogP contribution is -2.30. The summed E-state index contributed by atoms with van der Waals surface area (Å²) in [5.74, 6) is -0.159. The van der Waals surface area contributed by atoms with Gasteiger partial charge in [0.2, 0.25) is 0 Å². The Morgan fingerprint density at radius 3 is 2.41 bits per heavy atom. The minimum Gasteiger partial charge on any atom is -0.481 e. The van der Waals surface area contributed by atoms with E-state index in [4.69, 9.17) is 4.74 Å². The van der Waals surface area contributed by atoms with Crippen LogP contribution in [0.2, 0.25) is 0 Å². The molecule has 0 radical (unpaired) electrons. The van der Waals surface area contributed by atoms with Gasteiger partial charge >= 0.3 is 0 Å². The SMILES string of the molecule is CC(Oc1ccc(F)cc1)C(=O)Nc1ccccc1N(C)C. The number of nitrogens with one attached hydrogen (secondary N) is 1. The summed E-state index contributed by atoms with van der Waals surface area (Å²) in [5, 5.41) is 2.84. The molecule has 2 aromatic carbocycles. The Morgan fingerprint density at radius 1 is 1.14 bits per heavy atom. The van der Waals surface area contributed by atoms with Crippen LogP contribution in [0.1, 0.15) is 6.92 Å². The van der Waals surface area contributed by atoms with E-state index in [0.29, 0.717) is 11.4 Å². The monoisotopic (exact) mass is 302 g/mol. The summed E-state index contributed by atoms with van der Waals surface area (Å²) in [6.45, 7) is 1.65. The van der Waals surface area contributed by atoms with Gasteiger partial charge < -0.3 is 15.0 Å². The fourth-order valence-electron chi connectivity index (χ4n) is 1.97. The molecule has 0 saturated carbocycles. The summed E-state index contributed by atoms with van der Waals surface area (Å²) in [5.41, 5.74) is 1.62. The minimum atomic E-state index is -0.694. The topological polar surface area (TPSA) is 41.6 Å². The second-order valence-corrected chi connectivity index (χ2v) is 5.11. The number of rotatable bonds is 5. The predicted octanol–water partition coefficient (Wildman–Crippen LogP) is 3.30. The van der Waals surface area contributed by atoms with Crippen LogP contribution < -0.4 is 15.0 Å². The Morgan fingerprint density at radius 2 is 1.77 bits per heavy atom. The molecule has 2 rings (SSSR count). The third kappa shape index (κ3) is 3.97. The van der Waals surface area contributed by atoms with Crippen molar-refractivity contribution < 1.29 is 13.9 Å². The number of benzene rings is 2. The summed E-state index contributed by atoms with van der Waals surface area (Å²) >= 11 is 0. The van der Waals surface area contributed by atoms with Gasteiger partial charge in [0.05, 0.1) is 11.4 Å². The molecule has 0 bridgehead atoms. The molecule has 4 nitrogen and oxygen atoms in total. The van der Waals surface area contributed by atoms with Gasteiger partial charge in [-0.15, -0.1) is 0 Å². The highest BCUT2D eigenvalue weighted by molar-refractivity contribution is 5.97. The van der Waals surface area contributed by atoms with Gasteiger partial charge in [0.1, 0.15) is 11.6 Å². The van der Waals surface area contributed by atoms with Crippen molar-refractivity contribution in [2.45, 2.75) is 13.0 Å². The first-order valence-electron chi connectivity index (χ1n) is 6.97. The summed E-state index contributed by atoms with van der Waals surface area (Å²) in [6, 6.07) is 13.1. The van der Waals surface area contributed by atoms with Crippen molar-refractivity contribution >= 4 is 17.3 Å². The summed E-state index contributed by atoms with van der Waals surface area (Å²) in [4.78, 5) is 14.1. The molecule has 0 aliphatic heterocycles. The maximum Gasteiger partial charge on any atom is 0.265 e. The van der Waals surface area contributed by atoms with Crippen molar-refractivity contribution in [3.8, 4) is 5.75 Å². The maximum absolute atomic E-state index is 12.9. The average molecular weight is 302 g/mol. The highest BCUT2D eigenvalue weighted by atomic mass is 19.1. The second-order valence-electron chi connectivity index (χ2n) is 5.11. The molecule has 0 aromatic heterocycles. The lowest BCUT2D eigenvalue weighted by atomic mass is 10.2. The quantitative estimate of drug-likeness (QED) is 0.921. The van der Waals surface area contributed by atoms with Crippen LogP contribution >= 0.6 is 0 Å². The van der Waals surface area contributed by atoms with Crippen LogP contribution in [0, 0.1) is 5.82 Å². The van der Waals surface area contributed by atoms with Crippen molar-refractivity contribution in [2.24, 2.45) is 0 Å². The summed E-state index contributed by atoms with van der Waals surface area (Å²) in [6.07, 6.45) is -0.694. The van der Waals surface area contributed by atoms with Gasteiger partial charge in [0.15, 0.2) is 6.10 Å². The van der Waals surface area contributed by atoms with Gasteiger partial charge in [-0.1, -0.05) is 12.1 Å². The first-order chi connectivity index (χ1) is 10.5. The molecule has 0 saturated heterocycles. The predicted molar refractivity (Wildman–Crippen MR) is 85.9 cm³/mol. The summed E-state index contributed by atoms with van der Waals surface area (Å²) in [7, 11) is 3.81. The first kappa shape index (κ1) is 15.8. The van der Waals surface area contributed by atoms with Crippen molar-refractivity contribution in [2.75, 3.05) is 24.3 Å². The molecule has 0 aliphatic rings. The number of nitrogens with zero attached hydrogens (tertiary/aromatic N) is 1. The fourth-order valence-corrected chi connectivity index (χ4v) is 1.97. The largest absolute Gasteiger partial charge is 0.481 e. The van der Waals surface area contributed by atoms with Crippen LogP contribution in [0.3, 0.4) is 0 Å². The molecule has 5 heteroatoms. The Kier molecular flexibility index (Phi) is 4.99. The van der Waals surface area contributed by atoms with Crippen molar-refractivity contribution in [1.82, 2.24) is 0 Å². The van der Waals surface area contributed by atoms with Crippen LogP contribution in [0.15, 0.2) is 48.5 Å². The Labute approximate surface area is 129 Å². The molecule has 2 aromatic rings. The van der Waals surface area contributed by atoms with Crippen LogP contribution in [0.5, 0.6) is 5.75 Å². The molecule has 116 valence electrons. The molecule has 1 N–H and O–H groups in total. The van der Waals surface area contributed by atoms with Gasteiger partial charge in [-0.2, -0.15) is 0 Å². The second kappa shape index (κ2) is 6.93. The minimum absolute atomic E-state index is 0.265. The number of anilines is 2. The smallest absolute Gasteiger partial charge is 0.265 e. The van der Waals surface area contributed by atoms with E-state index >= 15 is 0 Å². The Balaban J connectivity index is 2.04. The zero-order valence-corrected chi connectivity index (χ0v) is 12.8. The van der Waals surface area contributed by atoms with Gasteiger partial charge in [-0.05, 0) is 43.3 Å². The van der Waals surface area contributed by atoms with E-state index in [9.17, 15) is 9.18 Å². The number of amides is 1. The number of halogens is 1. The van der Waals surface area contributed by atoms with E-state index < -0.39 is 6.10 Å². The van der Waals surface area contributed by atoms with Gasteiger partial charge in [0, 0.05) is 14.1 Å². The van der Waals surface area contributed by atoms with E-state index in [0.717, 1.165) is 5.69 Å². The number of carbonyl (C=O) groups is 1. The van der Waals surface area contributed by atoms with E-state index in [1.54, 1.807) is 6.92 Å². The van der Waals surface area contributed by atoms with E-state index in [1.165, 1.54) is 24.3 Å². The molecular weight excluding hydrogens is 283 g/mol. The zero-order valence-electron chi connectivity index (χ0n) is 12.8.